The van der Waals surface area contributed by atoms with Crippen molar-refractivity contribution in [2.24, 2.45) is 0 Å². The van der Waals surface area contributed by atoms with E-state index in [-0.39, 0.29) is 0 Å². The van der Waals surface area contributed by atoms with Crippen molar-refractivity contribution in [3.8, 4) is 44.0 Å². The van der Waals surface area contributed by atoms with Crippen LogP contribution in [0.15, 0.2) is 152 Å². The first kappa shape index (κ1) is 24.3. The summed E-state index contributed by atoms with van der Waals surface area (Å²) < 4.78 is 1.21. The van der Waals surface area contributed by atoms with Gasteiger partial charge >= 0.3 is 0 Å². The molecule has 0 amide bonds. The van der Waals surface area contributed by atoms with Crippen molar-refractivity contribution in [2.75, 3.05) is 0 Å². The van der Waals surface area contributed by atoms with Crippen LogP contribution in [0.3, 0.4) is 0 Å². The number of para-hydroxylation sites is 1. The lowest BCUT2D eigenvalue weighted by atomic mass is 9.83. The van der Waals surface area contributed by atoms with Gasteiger partial charge in [-0.05, 0) is 90.0 Å². The molecule has 9 aromatic rings. The minimum atomic E-state index is 1.05. The number of thiazole rings is 1. The van der Waals surface area contributed by atoms with E-state index in [4.69, 9.17) is 4.98 Å². The normalized spacial score (nSPS) is 11.7. The summed E-state index contributed by atoms with van der Waals surface area (Å²) in [7, 11) is 0. The van der Waals surface area contributed by atoms with Gasteiger partial charge in [-0.15, -0.1) is 11.3 Å². The highest BCUT2D eigenvalue weighted by Gasteiger charge is 2.21. The van der Waals surface area contributed by atoms with Crippen molar-refractivity contribution < 1.29 is 0 Å². The minimum Gasteiger partial charge on any atom is -0.236 e. The monoisotopic (exact) mass is 563 g/mol. The van der Waals surface area contributed by atoms with Gasteiger partial charge in [-0.1, -0.05) is 127 Å². The molecule has 0 saturated heterocycles. The fourth-order valence-electron chi connectivity index (χ4n) is 6.73. The molecule has 200 valence electrons. The maximum absolute atomic E-state index is 5.15. The molecular formula is C41H25NS. The van der Waals surface area contributed by atoms with Crippen molar-refractivity contribution >= 4 is 53.9 Å². The van der Waals surface area contributed by atoms with Crippen LogP contribution in [0.1, 0.15) is 0 Å². The van der Waals surface area contributed by atoms with E-state index in [2.05, 4.69) is 152 Å². The van der Waals surface area contributed by atoms with E-state index in [1.165, 1.54) is 76.0 Å². The van der Waals surface area contributed by atoms with Gasteiger partial charge in [-0.3, -0.25) is 0 Å². The molecule has 0 unspecified atom stereocenters. The second-order valence-electron chi connectivity index (χ2n) is 11.1. The molecule has 0 N–H and O–H groups in total. The average molecular weight is 564 g/mol. The van der Waals surface area contributed by atoms with Gasteiger partial charge in [0.05, 0.1) is 10.2 Å². The van der Waals surface area contributed by atoms with Gasteiger partial charge in [-0.25, -0.2) is 4.98 Å². The molecule has 0 saturated carbocycles. The molecule has 1 aromatic heterocycles. The van der Waals surface area contributed by atoms with E-state index in [0.29, 0.717) is 0 Å². The van der Waals surface area contributed by atoms with E-state index in [0.717, 1.165) is 10.5 Å². The van der Waals surface area contributed by atoms with Crippen LogP contribution in [-0.2, 0) is 0 Å². The Bertz CT molecular complexity index is 2330. The molecule has 0 radical (unpaired) electrons. The molecule has 0 aliphatic rings. The molecule has 0 spiro atoms. The Morgan fingerprint density at radius 1 is 0.372 bits per heavy atom. The van der Waals surface area contributed by atoms with Crippen LogP contribution in [0, 0.1) is 0 Å². The van der Waals surface area contributed by atoms with E-state index in [1.807, 2.05) is 0 Å². The number of nitrogens with zero attached hydrogens (tertiary/aromatic N) is 1. The lowest BCUT2D eigenvalue weighted by molar-refractivity contribution is 1.49. The molecule has 0 fully saturated rings. The highest BCUT2D eigenvalue weighted by atomic mass is 32.1. The molecule has 2 heteroatoms. The summed E-state index contributed by atoms with van der Waals surface area (Å²) in [4.78, 5) is 5.15. The molecule has 0 aliphatic heterocycles. The summed E-state index contributed by atoms with van der Waals surface area (Å²) in [6.07, 6.45) is 0. The minimum absolute atomic E-state index is 1.05. The number of hydrogen-bond donors (Lipinski definition) is 0. The highest BCUT2D eigenvalue weighted by Crippen LogP contribution is 2.49. The van der Waals surface area contributed by atoms with Crippen molar-refractivity contribution in [1.29, 1.82) is 0 Å². The number of hydrogen-bond acceptors (Lipinski definition) is 2. The number of rotatable bonds is 4. The maximum atomic E-state index is 5.15. The van der Waals surface area contributed by atoms with Gasteiger partial charge in [0.15, 0.2) is 0 Å². The number of aromatic nitrogens is 1. The predicted molar refractivity (Wildman–Crippen MR) is 185 cm³/mol. The molecule has 0 aliphatic carbocycles. The lowest BCUT2D eigenvalue weighted by Crippen LogP contribution is -1.94. The Balaban J connectivity index is 1.48. The summed E-state index contributed by atoms with van der Waals surface area (Å²) >= 11 is 1.77. The Morgan fingerprint density at radius 2 is 0.767 bits per heavy atom. The fraction of sp³-hybridized carbons (Fsp3) is 0. The van der Waals surface area contributed by atoms with Crippen LogP contribution in [0.2, 0.25) is 0 Å². The molecular weight excluding hydrogens is 539 g/mol. The van der Waals surface area contributed by atoms with Crippen LogP contribution < -0.4 is 0 Å². The molecule has 0 atom stereocenters. The number of fused-ring (bicyclic) bond motifs is 1. The molecule has 1 heterocycles. The quantitative estimate of drug-likeness (QED) is 0.194. The van der Waals surface area contributed by atoms with E-state index in [9.17, 15) is 0 Å². The molecule has 9 rings (SSSR count). The van der Waals surface area contributed by atoms with Crippen molar-refractivity contribution in [2.45, 2.75) is 0 Å². The largest absolute Gasteiger partial charge is 0.236 e. The number of benzene rings is 8. The van der Waals surface area contributed by atoms with Gasteiger partial charge in [0.1, 0.15) is 5.01 Å². The van der Waals surface area contributed by atoms with Crippen LogP contribution in [-0.4, -0.2) is 4.98 Å². The second kappa shape index (κ2) is 9.62. The average Bonchev–Trinajstić information content (AvgIpc) is 3.52. The Hall–Kier alpha value is -5.31. The summed E-state index contributed by atoms with van der Waals surface area (Å²) in [5, 5.41) is 8.75. The first-order valence-electron chi connectivity index (χ1n) is 14.6. The molecule has 0 bridgehead atoms. The Kier molecular flexibility index (Phi) is 5.44. The van der Waals surface area contributed by atoms with Gasteiger partial charge in [-0.2, -0.15) is 0 Å². The highest BCUT2D eigenvalue weighted by molar-refractivity contribution is 7.21. The topological polar surface area (TPSA) is 12.9 Å². The zero-order chi connectivity index (χ0) is 28.3. The third-order valence-electron chi connectivity index (χ3n) is 8.68. The second-order valence-corrected chi connectivity index (χ2v) is 12.1. The van der Waals surface area contributed by atoms with Crippen LogP contribution in [0.25, 0.3) is 86.5 Å². The van der Waals surface area contributed by atoms with Crippen LogP contribution in [0.4, 0.5) is 0 Å². The standard InChI is InChI=1S/C41H25NS/c1-4-12-26(13-5-1)33-24-34(27-14-6-2-7-15-27)30-22-23-32-36(41-42-37-18-10-11-19-38(37)43-41)25-35(28-16-8-3-9-17-28)31-21-20-29(33)39(30)40(31)32/h1-25H. The summed E-state index contributed by atoms with van der Waals surface area (Å²) in [5.41, 5.74) is 9.67. The van der Waals surface area contributed by atoms with Crippen molar-refractivity contribution in [1.82, 2.24) is 4.98 Å². The molecule has 1 nitrogen and oxygen atoms in total. The third-order valence-corrected chi connectivity index (χ3v) is 9.75. The van der Waals surface area contributed by atoms with Crippen LogP contribution >= 0.6 is 11.3 Å². The zero-order valence-corrected chi connectivity index (χ0v) is 24.1. The Morgan fingerprint density at radius 3 is 1.23 bits per heavy atom. The fourth-order valence-corrected chi connectivity index (χ4v) is 7.72. The predicted octanol–water partition coefficient (Wildman–Crippen LogP) is 11.9. The first-order valence-corrected chi connectivity index (χ1v) is 15.5. The van der Waals surface area contributed by atoms with Gasteiger partial charge in [0.25, 0.3) is 0 Å². The van der Waals surface area contributed by atoms with Crippen molar-refractivity contribution in [3.63, 3.8) is 0 Å². The zero-order valence-electron chi connectivity index (χ0n) is 23.3. The summed E-state index contributed by atoms with van der Waals surface area (Å²) in [5.74, 6) is 0. The van der Waals surface area contributed by atoms with E-state index in [1.54, 1.807) is 11.3 Å². The Labute approximate surface area is 253 Å². The van der Waals surface area contributed by atoms with Gasteiger partial charge < -0.3 is 0 Å². The first-order chi connectivity index (χ1) is 21.3. The summed E-state index contributed by atoms with van der Waals surface area (Å²) in [6.45, 7) is 0. The third kappa shape index (κ3) is 3.81. The SMILES string of the molecule is c1ccc(-c2cc(-c3ccccc3)c3ccc4c(-c5nc6ccccc6s5)cc(-c5ccccc5)c5ccc2c3c54)cc1. The van der Waals surface area contributed by atoms with E-state index < -0.39 is 0 Å². The lowest BCUT2D eigenvalue weighted by Gasteiger charge is -2.21. The molecule has 43 heavy (non-hydrogen) atoms. The van der Waals surface area contributed by atoms with Gasteiger partial charge in [0.2, 0.25) is 0 Å². The van der Waals surface area contributed by atoms with Crippen LogP contribution in [0.5, 0.6) is 0 Å². The smallest absolute Gasteiger partial charge is 0.125 e. The van der Waals surface area contributed by atoms with E-state index >= 15 is 0 Å². The summed E-state index contributed by atoms with van der Waals surface area (Å²) in [6, 6.07) is 54.9. The van der Waals surface area contributed by atoms with Gasteiger partial charge in [0, 0.05) is 5.56 Å². The van der Waals surface area contributed by atoms with Crippen molar-refractivity contribution in [3.05, 3.63) is 152 Å². The maximum Gasteiger partial charge on any atom is 0.125 e. The molecule has 8 aromatic carbocycles.